The van der Waals surface area contributed by atoms with Gasteiger partial charge in [-0.3, -0.25) is 0 Å². The van der Waals surface area contributed by atoms with Crippen LogP contribution in [-0.2, 0) is 9.47 Å². The number of rotatable bonds is 10. The molecule has 0 aliphatic heterocycles. The van der Waals surface area contributed by atoms with Crippen molar-refractivity contribution in [3.8, 4) is 0 Å². The number of hydrogen-bond donors (Lipinski definition) is 6. The molecule has 0 saturated carbocycles. The van der Waals surface area contributed by atoms with Gasteiger partial charge in [-0.05, 0) is 0 Å². The highest BCUT2D eigenvalue weighted by Crippen LogP contribution is 2.14. The van der Waals surface area contributed by atoms with Crippen LogP contribution >= 0.6 is 0 Å². The SMILES string of the molecule is COCC(CN)(CO)CO.COCC(CO)(CO)CO. The summed E-state index contributed by atoms with van der Waals surface area (Å²) in [6.45, 7) is -0.419. The van der Waals surface area contributed by atoms with Gasteiger partial charge in [0.1, 0.15) is 0 Å². The normalized spacial score (nSPS) is 12.0. The molecular formula is C12H29NO7. The smallest absolute Gasteiger partial charge is 0.0629 e. The third-order valence-electron chi connectivity index (χ3n) is 3.01. The number of ether oxygens (including phenoxy) is 2. The highest BCUT2D eigenvalue weighted by atomic mass is 16.5. The van der Waals surface area contributed by atoms with Crippen molar-refractivity contribution in [3.05, 3.63) is 0 Å². The zero-order chi connectivity index (χ0) is 16.1. The Morgan fingerprint density at radius 2 is 1.00 bits per heavy atom. The summed E-state index contributed by atoms with van der Waals surface area (Å²) in [5, 5.41) is 43.7. The predicted octanol–water partition coefficient (Wildman–Crippen LogP) is -2.84. The zero-order valence-corrected chi connectivity index (χ0v) is 12.3. The van der Waals surface area contributed by atoms with Crippen molar-refractivity contribution >= 4 is 0 Å². The van der Waals surface area contributed by atoms with Gasteiger partial charge in [-0.1, -0.05) is 0 Å². The Morgan fingerprint density at radius 1 is 0.700 bits per heavy atom. The van der Waals surface area contributed by atoms with Crippen molar-refractivity contribution in [2.24, 2.45) is 16.6 Å². The molecule has 0 rings (SSSR count). The third kappa shape index (κ3) is 7.46. The summed E-state index contributed by atoms with van der Waals surface area (Å²) >= 11 is 0. The van der Waals surface area contributed by atoms with Crippen molar-refractivity contribution in [2.45, 2.75) is 0 Å². The molecule has 124 valence electrons. The summed E-state index contributed by atoms with van der Waals surface area (Å²) in [5.74, 6) is 0. The highest BCUT2D eigenvalue weighted by molar-refractivity contribution is 4.78. The Bertz CT molecular complexity index is 169. The number of aliphatic hydroxyl groups is 5. The fourth-order valence-corrected chi connectivity index (χ4v) is 1.23. The fraction of sp³-hybridized carbons (Fsp3) is 1.00. The van der Waals surface area contributed by atoms with E-state index in [1.807, 2.05) is 0 Å². The molecule has 0 radical (unpaired) electrons. The molecule has 0 fully saturated rings. The van der Waals surface area contributed by atoms with Crippen LogP contribution in [0.4, 0.5) is 0 Å². The summed E-state index contributed by atoms with van der Waals surface area (Å²) in [7, 11) is 2.96. The second kappa shape index (κ2) is 12.4. The summed E-state index contributed by atoms with van der Waals surface area (Å²) in [4.78, 5) is 0. The lowest BCUT2D eigenvalue weighted by atomic mass is 9.92. The molecule has 0 spiro atoms. The second-order valence-electron chi connectivity index (χ2n) is 4.86. The summed E-state index contributed by atoms with van der Waals surface area (Å²) in [6.07, 6.45) is 0. The maximum absolute atomic E-state index is 8.79. The van der Waals surface area contributed by atoms with E-state index in [0.29, 0.717) is 0 Å². The van der Waals surface area contributed by atoms with Gasteiger partial charge >= 0.3 is 0 Å². The molecule has 7 N–H and O–H groups in total. The van der Waals surface area contributed by atoms with Crippen molar-refractivity contribution in [1.29, 1.82) is 0 Å². The zero-order valence-electron chi connectivity index (χ0n) is 12.3. The van der Waals surface area contributed by atoms with Crippen molar-refractivity contribution < 1.29 is 35.0 Å². The lowest BCUT2D eigenvalue weighted by Crippen LogP contribution is -2.41. The average Bonchev–Trinajstić information content (AvgIpc) is 2.51. The van der Waals surface area contributed by atoms with Gasteiger partial charge in [0.05, 0.1) is 57.1 Å². The first-order valence-electron chi connectivity index (χ1n) is 6.21. The van der Waals surface area contributed by atoms with E-state index in [1.165, 1.54) is 14.2 Å². The third-order valence-corrected chi connectivity index (χ3v) is 3.01. The van der Waals surface area contributed by atoms with Crippen LogP contribution in [-0.4, -0.2) is 92.5 Å². The van der Waals surface area contributed by atoms with E-state index in [1.54, 1.807) is 0 Å². The first kappa shape index (κ1) is 22.0. The molecule has 0 aliphatic rings. The lowest BCUT2D eigenvalue weighted by molar-refractivity contribution is -0.0456. The lowest BCUT2D eigenvalue weighted by Gasteiger charge is -2.26. The Balaban J connectivity index is 0. The topological polar surface area (TPSA) is 146 Å². The van der Waals surface area contributed by atoms with Crippen LogP contribution in [0.25, 0.3) is 0 Å². The molecule has 0 aromatic heterocycles. The Hall–Kier alpha value is -0.320. The number of aliphatic hydroxyl groups excluding tert-OH is 5. The molecule has 0 aromatic rings. The minimum atomic E-state index is -0.880. The van der Waals surface area contributed by atoms with Gasteiger partial charge in [-0.25, -0.2) is 0 Å². The molecule has 0 aromatic carbocycles. The Morgan fingerprint density at radius 3 is 1.10 bits per heavy atom. The van der Waals surface area contributed by atoms with Crippen LogP contribution in [0, 0.1) is 10.8 Å². The van der Waals surface area contributed by atoms with Crippen LogP contribution in [0.15, 0.2) is 0 Å². The predicted molar refractivity (Wildman–Crippen MR) is 73.1 cm³/mol. The minimum absolute atomic E-state index is 0.145. The molecule has 0 unspecified atom stereocenters. The standard InChI is InChI=1S/C6H15NO3.C6H14O4/c2*1-10-5-6(2-7,3-8)4-9/h8-9H,2-5,7H2,1H3;7-9H,2-5H2,1H3. The number of hydrogen-bond acceptors (Lipinski definition) is 8. The molecule has 0 saturated heterocycles. The first-order chi connectivity index (χ1) is 9.49. The average molecular weight is 299 g/mol. The van der Waals surface area contributed by atoms with E-state index >= 15 is 0 Å². The van der Waals surface area contributed by atoms with Gasteiger partial charge in [-0.2, -0.15) is 0 Å². The molecule has 0 atom stereocenters. The fourth-order valence-electron chi connectivity index (χ4n) is 1.23. The number of methoxy groups -OCH3 is 2. The monoisotopic (exact) mass is 299 g/mol. The van der Waals surface area contributed by atoms with Gasteiger partial charge in [0.2, 0.25) is 0 Å². The van der Waals surface area contributed by atoms with Crippen LogP contribution in [0.3, 0.4) is 0 Å². The first-order valence-corrected chi connectivity index (χ1v) is 6.21. The van der Waals surface area contributed by atoms with Crippen LogP contribution < -0.4 is 5.73 Å². The van der Waals surface area contributed by atoms with Gasteiger partial charge in [-0.15, -0.1) is 0 Å². The highest BCUT2D eigenvalue weighted by Gasteiger charge is 2.27. The van der Waals surface area contributed by atoms with E-state index in [9.17, 15) is 0 Å². The van der Waals surface area contributed by atoms with Crippen molar-refractivity contribution in [1.82, 2.24) is 0 Å². The van der Waals surface area contributed by atoms with Gasteiger partial charge in [0, 0.05) is 20.8 Å². The van der Waals surface area contributed by atoms with E-state index < -0.39 is 10.8 Å². The van der Waals surface area contributed by atoms with Gasteiger partial charge in [0.25, 0.3) is 0 Å². The Labute approximate surface area is 119 Å². The molecule has 0 heterocycles. The van der Waals surface area contributed by atoms with E-state index in [-0.39, 0.29) is 52.8 Å². The van der Waals surface area contributed by atoms with Crippen LogP contribution in [0.2, 0.25) is 0 Å². The molecule has 0 bridgehead atoms. The van der Waals surface area contributed by atoms with Crippen LogP contribution in [0.1, 0.15) is 0 Å². The van der Waals surface area contributed by atoms with Crippen molar-refractivity contribution in [2.75, 3.05) is 67.0 Å². The van der Waals surface area contributed by atoms with Gasteiger partial charge < -0.3 is 40.7 Å². The summed E-state index contributed by atoms with van der Waals surface area (Å²) in [5.41, 5.74) is 3.78. The second-order valence-corrected chi connectivity index (χ2v) is 4.86. The van der Waals surface area contributed by atoms with Gasteiger partial charge in [0.15, 0.2) is 0 Å². The van der Waals surface area contributed by atoms with E-state index in [4.69, 9.17) is 40.7 Å². The largest absolute Gasteiger partial charge is 0.396 e. The quantitative estimate of drug-likeness (QED) is 0.253. The molecule has 20 heavy (non-hydrogen) atoms. The molecule has 8 nitrogen and oxygen atoms in total. The van der Waals surface area contributed by atoms with Crippen LogP contribution in [0.5, 0.6) is 0 Å². The maximum atomic E-state index is 8.79. The van der Waals surface area contributed by atoms with E-state index in [2.05, 4.69) is 0 Å². The Kier molecular flexibility index (Phi) is 13.6. The molecular weight excluding hydrogens is 270 g/mol. The van der Waals surface area contributed by atoms with E-state index in [0.717, 1.165) is 0 Å². The summed E-state index contributed by atoms with van der Waals surface area (Å²) < 4.78 is 9.48. The number of nitrogens with two attached hydrogens (primary N) is 1. The minimum Gasteiger partial charge on any atom is -0.396 e. The summed E-state index contributed by atoms with van der Waals surface area (Å²) in [6, 6.07) is 0. The maximum Gasteiger partial charge on any atom is 0.0629 e. The molecule has 0 amide bonds. The molecule has 8 heteroatoms. The molecule has 0 aliphatic carbocycles. The van der Waals surface area contributed by atoms with Crippen molar-refractivity contribution in [3.63, 3.8) is 0 Å².